The molecule has 1 aromatic heterocycles. The van der Waals surface area contributed by atoms with E-state index in [9.17, 15) is 4.79 Å². The van der Waals surface area contributed by atoms with Crippen LogP contribution in [0.3, 0.4) is 0 Å². The second-order valence-electron chi connectivity index (χ2n) is 4.25. The molecule has 5 heteroatoms. The van der Waals surface area contributed by atoms with Crippen LogP contribution < -0.4 is 9.54 Å². The number of nitrogens with zero attached hydrogens (tertiary/aromatic N) is 2. The summed E-state index contributed by atoms with van der Waals surface area (Å²) < 4.78 is 8.60. The van der Waals surface area contributed by atoms with Crippen molar-refractivity contribution in [2.45, 2.75) is 33.7 Å². The Kier molecular flexibility index (Phi) is 4.04. The maximum atomic E-state index is 11.6. The van der Waals surface area contributed by atoms with Gasteiger partial charge >= 0.3 is 0 Å². The van der Waals surface area contributed by atoms with Gasteiger partial charge in [0.15, 0.2) is 4.80 Å². The number of benzene rings is 1. The van der Waals surface area contributed by atoms with Crippen LogP contribution in [0, 0.1) is 6.92 Å². The van der Waals surface area contributed by atoms with Crippen molar-refractivity contribution in [2.75, 3.05) is 7.11 Å². The van der Waals surface area contributed by atoms with Gasteiger partial charge < -0.3 is 9.30 Å². The van der Waals surface area contributed by atoms with Crippen molar-refractivity contribution in [1.29, 1.82) is 0 Å². The Balaban J connectivity index is 2.85. The van der Waals surface area contributed by atoms with Crippen LogP contribution in [0.25, 0.3) is 10.2 Å². The Morgan fingerprint density at radius 2 is 2.16 bits per heavy atom. The highest BCUT2D eigenvalue weighted by atomic mass is 32.1. The number of methoxy groups -OCH3 is 1. The zero-order valence-corrected chi connectivity index (χ0v) is 12.5. The Hall–Kier alpha value is -1.62. The first-order valence-electron chi connectivity index (χ1n) is 6.36. The summed E-state index contributed by atoms with van der Waals surface area (Å²) in [7, 11) is 1.66. The molecule has 0 fully saturated rings. The highest BCUT2D eigenvalue weighted by Crippen LogP contribution is 2.30. The molecule has 0 radical (unpaired) electrons. The van der Waals surface area contributed by atoms with Gasteiger partial charge in [0.1, 0.15) is 11.3 Å². The first kappa shape index (κ1) is 13.8. The standard InChI is InChI=1S/C14H18N2O2S/c1-5-11(17)15-14-16(6-2)12-10(18-4)8-7-9(3)13(12)19-14/h7-8H,5-6H2,1-4H3. The lowest BCUT2D eigenvalue weighted by Gasteiger charge is -2.07. The first-order valence-corrected chi connectivity index (χ1v) is 7.18. The monoisotopic (exact) mass is 278 g/mol. The molecule has 1 amide bonds. The Morgan fingerprint density at radius 1 is 1.42 bits per heavy atom. The fourth-order valence-electron chi connectivity index (χ4n) is 2.01. The molecular formula is C14H18N2O2S. The van der Waals surface area contributed by atoms with E-state index in [2.05, 4.69) is 11.9 Å². The number of hydrogen-bond acceptors (Lipinski definition) is 3. The van der Waals surface area contributed by atoms with Crippen LogP contribution in [-0.2, 0) is 11.3 Å². The predicted octanol–water partition coefficient (Wildman–Crippen LogP) is 2.88. The van der Waals surface area contributed by atoms with E-state index in [1.165, 1.54) is 5.56 Å². The highest BCUT2D eigenvalue weighted by molar-refractivity contribution is 7.16. The van der Waals surface area contributed by atoms with E-state index in [-0.39, 0.29) is 5.91 Å². The van der Waals surface area contributed by atoms with E-state index in [0.29, 0.717) is 6.42 Å². The van der Waals surface area contributed by atoms with Crippen LogP contribution in [-0.4, -0.2) is 17.6 Å². The minimum absolute atomic E-state index is 0.0922. The van der Waals surface area contributed by atoms with Crippen LogP contribution in [0.5, 0.6) is 5.75 Å². The minimum Gasteiger partial charge on any atom is -0.495 e. The lowest BCUT2D eigenvalue weighted by Crippen LogP contribution is -2.15. The third-order valence-electron chi connectivity index (χ3n) is 3.04. The molecule has 4 nitrogen and oxygen atoms in total. The minimum atomic E-state index is -0.0922. The van der Waals surface area contributed by atoms with Gasteiger partial charge in [0.2, 0.25) is 5.91 Å². The molecule has 0 aliphatic heterocycles. The number of amides is 1. The SMILES string of the molecule is CCC(=O)N=c1sc2c(C)ccc(OC)c2n1CC. The molecule has 0 N–H and O–H groups in total. The van der Waals surface area contributed by atoms with Gasteiger partial charge in [-0.3, -0.25) is 4.79 Å². The van der Waals surface area contributed by atoms with E-state index in [1.807, 2.05) is 30.5 Å². The normalized spacial score (nSPS) is 12.1. The highest BCUT2D eigenvalue weighted by Gasteiger charge is 2.12. The number of carbonyl (C=O) groups is 1. The lowest BCUT2D eigenvalue weighted by atomic mass is 10.2. The molecule has 102 valence electrons. The molecular weight excluding hydrogens is 260 g/mol. The van der Waals surface area contributed by atoms with Crippen LogP contribution in [0.2, 0.25) is 0 Å². The Bertz CT molecular complexity index is 683. The molecule has 1 aromatic carbocycles. The maximum absolute atomic E-state index is 11.6. The van der Waals surface area contributed by atoms with Crippen molar-refractivity contribution in [3.05, 3.63) is 22.5 Å². The summed E-state index contributed by atoms with van der Waals surface area (Å²) in [6, 6.07) is 3.99. The average molecular weight is 278 g/mol. The van der Waals surface area contributed by atoms with Crippen LogP contribution in [0.15, 0.2) is 17.1 Å². The molecule has 0 saturated heterocycles. The molecule has 0 spiro atoms. The number of rotatable bonds is 3. The first-order chi connectivity index (χ1) is 9.12. The molecule has 0 bridgehead atoms. The maximum Gasteiger partial charge on any atom is 0.248 e. The summed E-state index contributed by atoms with van der Waals surface area (Å²) in [4.78, 5) is 16.5. The van der Waals surface area contributed by atoms with Crippen molar-refractivity contribution < 1.29 is 9.53 Å². The molecule has 0 aliphatic rings. The summed E-state index contributed by atoms with van der Waals surface area (Å²) in [5.74, 6) is 0.731. The second kappa shape index (κ2) is 5.57. The summed E-state index contributed by atoms with van der Waals surface area (Å²) in [6.45, 7) is 6.68. The van der Waals surface area contributed by atoms with Crippen LogP contribution in [0.4, 0.5) is 0 Å². The fraction of sp³-hybridized carbons (Fsp3) is 0.429. The van der Waals surface area contributed by atoms with Crippen molar-refractivity contribution >= 4 is 27.5 Å². The topological polar surface area (TPSA) is 43.6 Å². The summed E-state index contributed by atoms with van der Waals surface area (Å²) in [5.41, 5.74) is 2.20. The zero-order valence-electron chi connectivity index (χ0n) is 11.7. The molecule has 2 rings (SSSR count). The van der Waals surface area contributed by atoms with Gasteiger partial charge in [-0.15, -0.1) is 0 Å². The number of aromatic nitrogens is 1. The van der Waals surface area contributed by atoms with Gasteiger partial charge in [-0.2, -0.15) is 4.99 Å². The zero-order chi connectivity index (χ0) is 14.0. The van der Waals surface area contributed by atoms with Crippen molar-refractivity contribution in [3.63, 3.8) is 0 Å². The van der Waals surface area contributed by atoms with Gasteiger partial charge in [0, 0.05) is 13.0 Å². The third kappa shape index (κ3) is 2.42. The largest absolute Gasteiger partial charge is 0.495 e. The smallest absolute Gasteiger partial charge is 0.248 e. The van der Waals surface area contributed by atoms with Crippen molar-refractivity contribution in [2.24, 2.45) is 4.99 Å². The van der Waals surface area contributed by atoms with Crippen LogP contribution in [0.1, 0.15) is 25.8 Å². The Morgan fingerprint density at radius 3 is 2.74 bits per heavy atom. The number of thiazole rings is 1. The van der Waals surface area contributed by atoms with E-state index in [0.717, 1.165) is 27.3 Å². The van der Waals surface area contributed by atoms with Gasteiger partial charge in [0.25, 0.3) is 0 Å². The lowest BCUT2D eigenvalue weighted by molar-refractivity contribution is -0.117. The van der Waals surface area contributed by atoms with E-state index >= 15 is 0 Å². The third-order valence-corrected chi connectivity index (χ3v) is 4.26. The average Bonchev–Trinajstić information content (AvgIpc) is 2.78. The van der Waals surface area contributed by atoms with Crippen LogP contribution >= 0.6 is 11.3 Å². The van der Waals surface area contributed by atoms with Gasteiger partial charge in [-0.05, 0) is 25.5 Å². The number of ether oxygens (including phenoxy) is 1. The second-order valence-corrected chi connectivity index (χ2v) is 5.23. The molecule has 0 unspecified atom stereocenters. The van der Waals surface area contributed by atoms with Crippen molar-refractivity contribution in [1.82, 2.24) is 4.57 Å². The van der Waals surface area contributed by atoms with E-state index in [4.69, 9.17) is 4.74 Å². The van der Waals surface area contributed by atoms with Crippen molar-refractivity contribution in [3.8, 4) is 5.75 Å². The van der Waals surface area contributed by atoms with Gasteiger partial charge in [-0.1, -0.05) is 24.3 Å². The number of aryl methyl sites for hydroxylation is 2. The quantitative estimate of drug-likeness (QED) is 0.866. The fourth-order valence-corrected chi connectivity index (χ4v) is 3.20. The number of carbonyl (C=O) groups excluding carboxylic acids is 1. The summed E-state index contributed by atoms with van der Waals surface area (Å²) in [5, 5.41) is 0. The summed E-state index contributed by atoms with van der Waals surface area (Å²) >= 11 is 1.54. The molecule has 2 aromatic rings. The van der Waals surface area contributed by atoms with Gasteiger partial charge in [-0.25, -0.2) is 0 Å². The summed E-state index contributed by atoms with van der Waals surface area (Å²) in [6.07, 6.45) is 0.425. The molecule has 1 heterocycles. The predicted molar refractivity (Wildman–Crippen MR) is 77.6 cm³/mol. The molecule has 0 atom stereocenters. The molecule has 0 saturated carbocycles. The van der Waals surface area contributed by atoms with E-state index < -0.39 is 0 Å². The molecule has 19 heavy (non-hydrogen) atoms. The van der Waals surface area contributed by atoms with E-state index in [1.54, 1.807) is 18.4 Å². The number of fused-ring (bicyclic) bond motifs is 1. The Labute approximate surface area is 116 Å². The number of hydrogen-bond donors (Lipinski definition) is 0. The van der Waals surface area contributed by atoms with Gasteiger partial charge in [0.05, 0.1) is 11.8 Å². The molecule has 0 aliphatic carbocycles.